The number of hydrogen-bond donors (Lipinski definition) is 1. The van der Waals surface area contributed by atoms with Gasteiger partial charge in [-0.15, -0.1) is 0 Å². The highest BCUT2D eigenvalue weighted by Crippen LogP contribution is 2.43. The molecule has 0 spiro atoms. The first-order valence-electron chi connectivity index (χ1n) is 8.90. The average Bonchev–Trinajstić information content (AvgIpc) is 3.10. The summed E-state index contributed by atoms with van der Waals surface area (Å²) in [6.07, 6.45) is 2.59. The molecular weight excluding hydrogens is 335 g/mol. The van der Waals surface area contributed by atoms with Gasteiger partial charge in [-0.3, -0.25) is 9.59 Å². The lowest BCUT2D eigenvalue weighted by Gasteiger charge is -2.29. The van der Waals surface area contributed by atoms with Crippen LogP contribution in [0.25, 0.3) is 0 Å². The molecule has 1 N–H and O–H groups in total. The van der Waals surface area contributed by atoms with Gasteiger partial charge in [-0.2, -0.15) is 5.26 Å². The second-order valence-corrected chi connectivity index (χ2v) is 7.36. The van der Waals surface area contributed by atoms with Crippen LogP contribution in [0.2, 0.25) is 0 Å². The van der Waals surface area contributed by atoms with E-state index in [1.54, 1.807) is 25.1 Å². The quantitative estimate of drug-likeness (QED) is 0.790. The van der Waals surface area contributed by atoms with E-state index >= 15 is 0 Å². The number of hydrogen-bond acceptors (Lipinski definition) is 4. The maximum atomic E-state index is 14.3. The Kier molecular flexibility index (Phi) is 6.01. The maximum absolute atomic E-state index is 14.3. The van der Waals surface area contributed by atoms with Gasteiger partial charge in [0.2, 0.25) is 0 Å². The van der Waals surface area contributed by atoms with Crippen LogP contribution in [0.4, 0.5) is 4.39 Å². The molecule has 5 nitrogen and oxygen atoms in total. The highest BCUT2D eigenvalue weighted by atomic mass is 19.1. The molecule has 1 saturated carbocycles. The van der Waals surface area contributed by atoms with Gasteiger partial charge in [-0.05, 0) is 31.7 Å². The summed E-state index contributed by atoms with van der Waals surface area (Å²) in [4.78, 5) is 24.9. The molecule has 26 heavy (non-hydrogen) atoms. The minimum Gasteiger partial charge on any atom is -0.455 e. The molecule has 6 heteroatoms. The summed E-state index contributed by atoms with van der Waals surface area (Å²) >= 11 is 0. The van der Waals surface area contributed by atoms with Gasteiger partial charge in [0.15, 0.2) is 6.61 Å². The zero-order valence-corrected chi connectivity index (χ0v) is 15.5. The molecule has 1 fully saturated rings. The zero-order chi connectivity index (χ0) is 19.4. The molecule has 0 bridgehead atoms. The van der Waals surface area contributed by atoms with Gasteiger partial charge >= 0.3 is 5.97 Å². The number of esters is 1. The summed E-state index contributed by atoms with van der Waals surface area (Å²) in [7, 11) is 0. The first-order chi connectivity index (χ1) is 12.2. The molecule has 0 aromatic heterocycles. The molecule has 1 aliphatic rings. The van der Waals surface area contributed by atoms with Gasteiger partial charge in [0.1, 0.15) is 11.4 Å². The number of ether oxygens (including phenoxy) is 1. The van der Waals surface area contributed by atoms with Gasteiger partial charge in [-0.25, -0.2) is 4.39 Å². The molecule has 0 unspecified atom stereocenters. The number of halogens is 1. The molecule has 1 aromatic rings. The Bertz CT molecular complexity index is 720. The second-order valence-electron chi connectivity index (χ2n) is 7.36. The number of rotatable bonds is 6. The van der Waals surface area contributed by atoms with Crippen molar-refractivity contribution in [1.82, 2.24) is 5.32 Å². The topological polar surface area (TPSA) is 79.2 Å². The molecule has 1 atom stereocenters. The summed E-state index contributed by atoms with van der Waals surface area (Å²) < 4.78 is 19.5. The fraction of sp³-hybridized carbons (Fsp3) is 0.550. The van der Waals surface area contributed by atoms with Crippen molar-refractivity contribution >= 4 is 11.9 Å². The van der Waals surface area contributed by atoms with Crippen LogP contribution >= 0.6 is 0 Å². The number of carbonyl (C=O) groups is 2. The zero-order valence-electron chi connectivity index (χ0n) is 15.5. The Morgan fingerprint density at radius 3 is 2.50 bits per heavy atom. The Labute approximate surface area is 153 Å². The van der Waals surface area contributed by atoms with Crippen molar-refractivity contribution in [3.8, 4) is 6.07 Å². The first-order valence-corrected chi connectivity index (χ1v) is 8.90. The lowest BCUT2D eigenvalue weighted by molar-refractivity contribution is -0.154. The molecular formula is C20H25FN2O3. The summed E-state index contributed by atoms with van der Waals surface area (Å²) in [6.45, 7) is 4.77. The van der Waals surface area contributed by atoms with E-state index in [0.717, 1.165) is 12.8 Å². The number of amides is 1. The van der Waals surface area contributed by atoms with E-state index < -0.39 is 35.3 Å². The summed E-state index contributed by atoms with van der Waals surface area (Å²) in [6, 6.07) is 8.28. The second kappa shape index (κ2) is 7.86. The van der Waals surface area contributed by atoms with Gasteiger partial charge in [-0.1, -0.05) is 44.9 Å². The SMILES string of the molecule is CC(C)[C@@](C)(C#N)NC(=O)COC(=O)C1(c2ccccc2F)CCCC1. The minimum absolute atomic E-state index is 0.105. The fourth-order valence-corrected chi connectivity index (χ4v) is 3.31. The predicted octanol–water partition coefficient (Wildman–Crippen LogP) is 3.24. The third-order valence-electron chi connectivity index (χ3n) is 5.36. The molecule has 1 aliphatic carbocycles. The first kappa shape index (κ1) is 19.9. The van der Waals surface area contributed by atoms with Crippen molar-refractivity contribution in [2.45, 2.75) is 57.4 Å². The van der Waals surface area contributed by atoms with Crippen molar-refractivity contribution in [2.24, 2.45) is 5.92 Å². The Balaban J connectivity index is 2.09. The Morgan fingerprint density at radius 2 is 1.96 bits per heavy atom. The van der Waals surface area contributed by atoms with Gasteiger partial charge in [0.05, 0.1) is 11.5 Å². The molecule has 2 rings (SSSR count). The summed E-state index contributed by atoms with van der Waals surface area (Å²) in [5.41, 5.74) is -1.76. The van der Waals surface area contributed by atoms with Crippen LogP contribution < -0.4 is 5.32 Å². The average molecular weight is 360 g/mol. The number of carbonyl (C=O) groups excluding carboxylic acids is 2. The third kappa shape index (κ3) is 3.87. The lowest BCUT2D eigenvalue weighted by atomic mass is 9.78. The van der Waals surface area contributed by atoms with E-state index in [4.69, 9.17) is 4.74 Å². The number of nitrogens with zero attached hydrogens (tertiary/aromatic N) is 1. The van der Waals surface area contributed by atoms with Crippen molar-refractivity contribution in [3.63, 3.8) is 0 Å². The smallest absolute Gasteiger partial charge is 0.317 e. The van der Waals surface area contributed by atoms with Crippen LogP contribution in [0.15, 0.2) is 24.3 Å². The standard InChI is InChI=1S/C20H25FN2O3/c1-14(2)19(3,13-22)23-17(24)12-26-18(25)20(10-6-7-11-20)15-8-4-5-9-16(15)21/h4-5,8-9,14H,6-7,10-12H2,1-3H3,(H,23,24)/t19-/m1/s1. The molecule has 0 radical (unpaired) electrons. The van der Waals surface area contributed by atoms with Crippen LogP contribution in [-0.4, -0.2) is 24.0 Å². The van der Waals surface area contributed by atoms with E-state index in [1.807, 2.05) is 13.8 Å². The Hall–Kier alpha value is -2.42. The van der Waals surface area contributed by atoms with E-state index in [-0.39, 0.29) is 5.92 Å². The molecule has 0 heterocycles. The molecule has 0 aliphatic heterocycles. The van der Waals surface area contributed by atoms with E-state index in [0.29, 0.717) is 18.4 Å². The van der Waals surface area contributed by atoms with Crippen LogP contribution in [-0.2, 0) is 19.7 Å². The highest BCUT2D eigenvalue weighted by Gasteiger charge is 2.46. The normalized spacial score (nSPS) is 18.0. The summed E-state index contributed by atoms with van der Waals surface area (Å²) in [5.74, 6) is -1.67. The van der Waals surface area contributed by atoms with Crippen LogP contribution in [0.3, 0.4) is 0 Å². The van der Waals surface area contributed by atoms with Gasteiger partial charge in [0.25, 0.3) is 5.91 Å². The lowest BCUT2D eigenvalue weighted by Crippen LogP contribution is -2.50. The Morgan fingerprint density at radius 1 is 1.35 bits per heavy atom. The number of benzene rings is 1. The van der Waals surface area contributed by atoms with Crippen LogP contribution in [0.1, 0.15) is 52.0 Å². The minimum atomic E-state index is -1.04. The fourth-order valence-electron chi connectivity index (χ4n) is 3.31. The molecule has 140 valence electrons. The van der Waals surface area contributed by atoms with E-state index in [1.165, 1.54) is 6.07 Å². The molecule has 0 saturated heterocycles. The monoisotopic (exact) mass is 360 g/mol. The molecule has 1 aromatic carbocycles. The van der Waals surface area contributed by atoms with Crippen LogP contribution in [0.5, 0.6) is 0 Å². The van der Waals surface area contributed by atoms with Crippen molar-refractivity contribution in [1.29, 1.82) is 5.26 Å². The van der Waals surface area contributed by atoms with Crippen molar-refractivity contribution < 1.29 is 18.7 Å². The third-order valence-corrected chi connectivity index (χ3v) is 5.36. The summed E-state index contributed by atoms with van der Waals surface area (Å²) in [5, 5.41) is 11.9. The number of nitriles is 1. The van der Waals surface area contributed by atoms with E-state index in [9.17, 15) is 19.2 Å². The van der Waals surface area contributed by atoms with Crippen molar-refractivity contribution in [2.75, 3.05) is 6.61 Å². The maximum Gasteiger partial charge on any atom is 0.317 e. The largest absolute Gasteiger partial charge is 0.455 e. The van der Waals surface area contributed by atoms with Gasteiger partial charge < -0.3 is 10.1 Å². The predicted molar refractivity (Wildman–Crippen MR) is 94.5 cm³/mol. The van der Waals surface area contributed by atoms with E-state index in [2.05, 4.69) is 11.4 Å². The van der Waals surface area contributed by atoms with Crippen molar-refractivity contribution in [3.05, 3.63) is 35.6 Å². The highest BCUT2D eigenvalue weighted by molar-refractivity contribution is 5.87. The van der Waals surface area contributed by atoms with Crippen LogP contribution in [0, 0.1) is 23.1 Å². The number of nitrogens with one attached hydrogen (secondary N) is 1. The van der Waals surface area contributed by atoms with Gasteiger partial charge in [0, 0.05) is 5.56 Å². The molecule has 1 amide bonds.